The fourth-order valence-corrected chi connectivity index (χ4v) is 2.04. The zero-order valence-corrected chi connectivity index (χ0v) is 14.9. The standard InChI is InChI=1S/C18H18F3NO5/c1-4-25-17(23)11(2)26-14-7-6-13(9-15(14)24-3)27-16-8-5-12(10-22-16)18(19,20)21/h5-11H,4H2,1-3H3. The Balaban J connectivity index is 2.12. The quantitative estimate of drug-likeness (QED) is 0.665. The molecule has 2 aromatic rings. The lowest BCUT2D eigenvalue weighted by Gasteiger charge is -2.16. The number of nitrogens with zero attached hydrogens (tertiary/aromatic N) is 1. The normalized spacial score (nSPS) is 12.2. The topological polar surface area (TPSA) is 66.9 Å². The van der Waals surface area contributed by atoms with Crippen LogP contribution in [0.2, 0.25) is 0 Å². The Hall–Kier alpha value is -2.97. The zero-order chi connectivity index (χ0) is 20.0. The van der Waals surface area contributed by atoms with Gasteiger partial charge in [-0.1, -0.05) is 0 Å². The molecule has 1 unspecified atom stereocenters. The number of carbonyl (C=O) groups excluding carboxylic acids is 1. The second-order valence-corrected chi connectivity index (χ2v) is 5.31. The predicted molar refractivity (Wildman–Crippen MR) is 89.0 cm³/mol. The van der Waals surface area contributed by atoms with E-state index in [0.717, 1.165) is 12.1 Å². The Morgan fingerprint density at radius 2 is 1.93 bits per heavy atom. The number of rotatable bonds is 7. The fraction of sp³-hybridized carbons (Fsp3) is 0.333. The summed E-state index contributed by atoms with van der Waals surface area (Å²) < 4.78 is 58.7. The van der Waals surface area contributed by atoms with Gasteiger partial charge in [-0.15, -0.1) is 0 Å². The van der Waals surface area contributed by atoms with Crippen LogP contribution < -0.4 is 14.2 Å². The van der Waals surface area contributed by atoms with Crippen molar-refractivity contribution in [3.63, 3.8) is 0 Å². The van der Waals surface area contributed by atoms with E-state index < -0.39 is 23.8 Å². The smallest absolute Gasteiger partial charge is 0.417 e. The molecule has 0 aliphatic rings. The lowest BCUT2D eigenvalue weighted by molar-refractivity contribution is -0.150. The fourth-order valence-electron chi connectivity index (χ4n) is 2.04. The van der Waals surface area contributed by atoms with E-state index >= 15 is 0 Å². The molecule has 0 fully saturated rings. The molecule has 1 atom stereocenters. The van der Waals surface area contributed by atoms with Gasteiger partial charge >= 0.3 is 12.1 Å². The van der Waals surface area contributed by atoms with Gasteiger partial charge in [-0.05, 0) is 32.0 Å². The maximum atomic E-state index is 12.6. The van der Waals surface area contributed by atoms with Crippen LogP contribution in [0.4, 0.5) is 13.2 Å². The molecule has 0 bridgehead atoms. The molecule has 1 aromatic heterocycles. The molecule has 2 rings (SSSR count). The lowest BCUT2D eigenvalue weighted by Crippen LogP contribution is -2.26. The molecule has 0 amide bonds. The second kappa shape index (κ2) is 8.61. The van der Waals surface area contributed by atoms with Gasteiger partial charge in [-0.3, -0.25) is 0 Å². The molecular weight excluding hydrogens is 367 g/mol. The Labute approximate surface area is 153 Å². The number of ether oxygens (including phenoxy) is 4. The Morgan fingerprint density at radius 3 is 2.48 bits per heavy atom. The molecule has 0 N–H and O–H groups in total. The number of pyridine rings is 1. The third-order valence-electron chi connectivity index (χ3n) is 3.34. The summed E-state index contributed by atoms with van der Waals surface area (Å²) >= 11 is 0. The number of benzene rings is 1. The number of hydrogen-bond acceptors (Lipinski definition) is 6. The molecule has 0 aliphatic heterocycles. The lowest BCUT2D eigenvalue weighted by atomic mass is 10.2. The molecule has 27 heavy (non-hydrogen) atoms. The van der Waals surface area contributed by atoms with Gasteiger partial charge in [-0.2, -0.15) is 13.2 Å². The van der Waals surface area contributed by atoms with Crippen LogP contribution in [0.5, 0.6) is 23.1 Å². The SMILES string of the molecule is CCOC(=O)C(C)Oc1ccc(Oc2ccc(C(F)(F)F)cn2)cc1OC. The van der Waals surface area contributed by atoms with E-state index in [9.17, 15) is 18.0 Å². The number of methoxy groups -OCH3 is 1. The van der Waals surface area contributed by atoms with E-state index in [0.29, 0.717) is 6.20 Å². The van der Waals surface area contributed by atoms with Crippen LogP contribution in [0.3, 0.4) is 0 Å². The maximum absolute atomic E-state index is 12.6. The largest absolute Gasteiger partial charge is 0.493 e. The van der Waals surface area contributed by atoms with Gasteiger partial charge in [0.1, 0.15) is 5.75 Å². The highest BCUT2D eigenvalue weighted by atomic mass is 19.4. The first kappa shape index (κ1) is 20.3. The maximum Gasteiger partial charge on any atom is 0.417 e. The Kier molecular flexibility index (Phi) is 6.49. The minimum absolute atomic E-state index is 0.0152. The predicted octanol–water partition coefficient (Wildman–Crippen LogP) is 4.23. The van der Waals surface area contributed by atoms with Crippen molar-refractivity contribution < 1.29 is 36.9 Å². The summed E-state index contributed by atoms with van der Waals surface area (Å²) in [6, 6.07) is 6.47. The van der Waals surface area contributed by atoms with Crippen LogP contribution in [-0.2, 0) is 15.7 Å². The molecule has 0 radical (unpaired) electrons. The molecule has 0 saturated heterocycles. The van der Waals surface area contributed by atoms with Gasteiger partial charge in [0.2, 0.25) is 5.88 Å². The summed E-state index contributed by atoms with van der Waals surface area (Å²) in [5.74, 6) is 0.295. The van der Waals surface area contributed by atoms with Crippen LogP contribution in [0, 0.1) is 0 Å². The van der Waals surface area contributed by atoms with Crippen molar-refractivity contribution in [2.24, 2.45) is 0 Å². The molecule has 0 aliphatic carbocycles. The molecule has 1 aromatic carbocycles. The molecule has 0 saturated carbocycles. The van der Waals surface area contributed by atoms with Gasteiger partial charge in [0.05, 0.1) is 19.3 Å². The highest BCUT2D eigenvalue weighted by Crippen LogP contribution is 2.34. The van der Waals surface area contributed by atoms with Gasteiger partial charge in [-0.25, -0.2) is 9.78 Å². The summed E-state index contributed by atoms with van der Waals surface area (Å²) in [5.41, 5.74) is -0.871. The minimum atomic E-state index is -4.47. The van der Waals surface area contributed by atoms with Crippen molar-refractivity contribution in [1.29, 1.82) is 0 Å². The molecule has 6 nitrogen and oxygen atoms in total. The zero-order valence-electron chi connectivity index (χ0n) is 14.9. The number of halogens is 3. The number of esters is 1. The third kappa shape index (κ3) is 5.50. The number of alkyl halides is 3. The first-order valence-corrected chi connectivity index (χ1v) is 7.97. The Morgan fingerprint density at radius 1 is 1.19 bits per heavy atom. The highest BCUT2D eigenvalue weighted by molar-refractivity contribution is 5.74. The number of hydrogen-bond donors (Lipinski definition) is 0. The van der Waals surface area contributed by atoms with E-state index in [1.807, 2.05) is 0 Å². The van der Waals surface area contributed by atoms with E-state index in [1.54, 1.807) is 6.92 Å². The van der Waals surface area contributed by atoms with Gasteiger partial charge in [0.15, 0.2) is 17.6 Å². The summed E-state index contributed by atoms with van der Waals surface area (Å²) in [6.07, 6.45) is -4.63. The van der Waals surface area contributed by atoms with Crippen LogP contribution in [0.15, 0.2) is 36.5 Å². The molecule has 1 heterocycles. The average Bonchev–Trinajstić information content (AvgIpc) is 2.62. The minimum Gasteiger partial charge on any atom is -0.493 e. The van der Waals surface area contributed by atoms with Crippen molar-refractivity contribution in [3.8, 4) is 23.1 Å². The number of aromatic nitrogens is 1. The molecular formula is C18H18F3NO5. The van der Waals surface area contributed by atoms with Gasteiger partial charge in [0.25, 0.3) is 0 Å². The van der Waals surface area contributed by atoms with Crippen molar-refractivity contribution in [2.45, 2.75) is 26.1 Å². The average molecular weight is 385 g/mol. The molecule has 0 spiro atoms. The Bertz CT molecular complexity index is 778. The summed E-state index contributed by atoms with van der Waals surface area (Å²) in [7, 11) is 1.40. The van der Waals surface area contributed by atoms with Crippen molar-refractivity contribution in [2.75, 3.05) is 13.7 Å². The first-order chi connectivity index (χ1) is 12.7. The summed E-state index contributed by atoms with van der Waals surface area (Å²) in [5, 5.41) is 0. The van der Waals surface area contributed by atoms with Crippen molar-refractivity contribution in [1.82, 2.24) is 4.98 Å². The van der Waals surface area contributed by atoms with E-state index in [2.05, 4.69) is 4.98 Å². The summed E-state index contributed by atoms with van der Waals surface area (Å²) in [6.45, 7) is 3.46. The van der Waals surface area contributed by atoms with Crippen LogP contribution in [0.1, 0.15) is 19.4 Å². The van der Waals surface area contributed by atoms with Crippen LogP contribution >= 0.6 is 0 Å². The monoisotopic (exact) mass is 385 g/mol. The van der Waals surface area contributed by atoms with Crippen molar-refractivity contribution in [3.05, 3.63) is 42.1 Å². The molecule has 146 valence electrons. The third-order valence-corrected chi connectivity index (χ3v) is 3.34. The summed E-state index contributed by atoms with van der Waals surface area (Å²) in [4.78, 5) is 15.3. The van der Waals surface area contributed by atoms with E-state index in [-0.39, 0.29) is 29.7 Å². The van der Waals surface area contributed by atoms with Crippen LogP contribution in [-0.4, -0.2) is 30.8 Å². The van der Waals surface area contributed by atoms with Gasteiger partial charge < -0.3 is 18.9 Å². The van der Waals surface area contributed by atoms with Crippen molar-refractivity contribution >= 4 is 5.97 Å². The van der Waals surface area contributed by atoms with E-state index in [1.165, 1.54) is 32.2 Å². The van der Waals surface area contributed by atoms with Crippen LogP contribution in [0.25, 0.3) is 0 Å². The number of carbonyl (C=O) groups is 1. The first-order valence-electron chi connectivity index (χ1n) is 7.97. The second-order valence-electron chi connectivity index (χ2n) is 5.31. The molecule has 9 heteroatoms. The van der Waals surface area contributed by atoms with Gasteiger partial charge in [0, 0.05) is 18.3 Å². The highest BCUT2D eigenvalue weighted by Gasteiger charge is 2.30. The van der Waals surface area contributed by atoms with E-state index in [4.69, 9.17) is 18.9 Å².